The molecule has 0 unspecified atom stereocenters. The van der Waals surface area contributed by atoms with Crippen LogP contribution in [0.3, 0.4) is 0 Å². The molecule has 6 nitrogen and oxygen atoms in total. The van der Waals surface area contributed by atoms with Crippen LogP contribution in [0.25, 0.3) is 0 Å². The van der Waals surface area contributed by atoms with Crippen molar-refractivity contribution >= 4 is 23.1 Å². The summed E-state index contributed by atoms with van der Waals surface area (Å²) in [6, 6.07) is 4.03. The Kier molecular flexibility index (Phi) is 4.41. The Hall–Kier alpha value is -2.24. The Morgan fingerprint density at radius 1 is 1.26 bits per heavy atom. The average Bonchev–Trinajstić information content (AvgIpc) is 3.08. The summed E-state index contributed by atoms with van der Waals surface area (Å²) in [6.07, 6.45) is 0.511. The molecule has 0 radical (unpaired) electrons. The zero-order chi connectivity index (χ0) is 16.4. The van der Waals surface area contributed by atoms with Gasteiger partial charge in [-0.25, -0.2) is 4.98 Å². The molecule has 0 aliphatic rings. The van der Waals surface area contributed by atoms with Crippen molar-refractivity contribution in [3.05, 3.63) is 45.0 Å². The molecule has 0 saturated carbocycles. The van der Waals surface area contributed by atoms with E-state index in [0.29, 0.717) is 28.8 Å². The predicted molar refractivity (Wildman–Crippen MR) is 86.5 cm³/mol. The van der Waals surface area contributed by atoms with E-state index in [1.165, 1.54) is 11.8 Å². The lowest BCUT2D eigenvalue weighted by Gasteiger charge is -2.04. The van der Waals surface area contributed by atoms with Crippen molar-refractivity contribution in [2.24, 2.45) is 0 Å². The molecule has 0 bridgehead atoms. The van der Waals surface area contributed by atoms with Crippen LogP contribution in [-0.2, 0) is 6.42 Å². The summed E-state index contributed by atoms with van der Waals surface area (Å²) < 4.78 is 5.66. The summed E-state index contributed by atoms with van der Waals surface area (Å²) in [5.41, 5.74) is 3.01. The van der Waals surface area contributed by atoms with Crippen molar-refractivity contribution in [2.75, 3.05) is 0 Å². The second-order valence-electron chi connectivity index (χ2n) is 4.93. The first-order valence-electron chi connectivity index (χ1n) is 6.84. The standard InChI is InChI=1S/C15H13N5OS2/c1-8-4-13(12(6-16)9(2)17-8)23-15-20-19-14(21-15)5-11-7-22-10(3)18-11/h4,7H,5H2,1-3H3. The lowest BCUT2D eigenvalue weighted by Crippen LogP contribution is -1.94. The van der Waals surface area contributed by atoms with E-state index in [9.17, 15) is 5.26 Å². The molecule has 3 heterocycles. The smallest absolute Gasteiger partial charge is 0.281 e. The monoisotopic (exact) mass is 343 g/mol. The minimum Gasteiger partial charge on any atom is -0.415 e. The van der Waals surface area contributed by atoms with Crippen molar-refractivity contribution < 1.29 is 4.42 Å². The summed E-state index contributed by atoms with van der Waals surface area (Å²) in [7, 11) is 0. The topological polar surface area (TPSA) is 88.5 Å². The summed E-state index contributed by atoms with van der Waals surface area (Å²) in [6.45, 7) is 5.67. The number of aryl methyl sites for hydroxylation is 3. The molecule has 116 valence electrons. The second kappa shape index (κ2) is 6.48. The molecule has 0 aromatic carbocycles. The van der Waals surface area contributed by atoms with E-state index in [1.807, 2.05) is 32.2 Å². The third kappa shape index (κ3) is 3.57. The maximum Gasteiger partial charge on any atom is 0.281 e. The van der Waals surface area contributed by atoms with E-state index in [0.717, 1.165) is 21.3 Å². The first-order chi connectivity index (χ1) is 11.0. The first-order valence-corrected chi connectivity index (χ1v) is 8.54. The van der Waals surface area contributed by atoms with Crippen LogP contribution >= 0.6 is 23.1 Å². The Bertz CT molecular complexity index is 894. The first kappa shape index (κ1) is 15.6. The zero-order valence-corrected chi connectivity index (χ0v) is 14.5. The number of thiazole rings is 1. The summed E-state index contributed by atoms with van der Waals surface area (Å²) in [5, 5.41) is 20.8. The van der Waals surface area contributed by atoms with Gasteiger partial charge in [0.1, 0.15) is 6.07 Å². The van der Waals surface area contributed by atoms with Crippen LogP contribution in [-0.4, -0.2) is 20.2 Å². The van der Waals surface area contributed by atoms with E-state index >= 15 is 0 Å². The van der Waals surface area contributed by atoms with Gasteiger partial charge in [-0.15, -0.1) is 21.5 Å². The van der Waals surface area contributed by atoms with Crippen LogP contribution < -0.4 is 0 Å². The van der Waals surface area contributed by atoms with Crippen LogP contribution in [0.15, 0.2) is 26.0 Å². The second-order valence-corrected chi connectivity index (χ2v) is 6.99. The highest BCUT2D eigenvalue weighted by Gasteiger charge is 2.14. The maximum atomic E-state index is 9.29. The van der Waals surface area contributed by atoms with Crippen LogP contribution in [0.5, 0.6) is 0 Å². The van der Waals surface area contributed by atoms with Gasteiger partial charge in [-0.3, -0.25) is 4.98 Å². The van der Waals surface area contributed by atoms with Gasteiger partial charge in [0.05, 0.1) is 28.4 Å². The number of pyridine rings is 1. The third-order valence-electron chi connectivity index (χ3n) is 3.05. The van der Waals surface area contributed by atoms with Gasteiger partial charge in [-0.05, 0) is 38.6 Å². The highest BCUT2D eigenvalue weighted by molar-refractivity contribution is 7.99. The fourth-order valence-electron chi connectivity index (χ4n) is 2.10. The third-order valence-corrected chi connectivity index (χ3v) is 4.75. The fraction of sp³-hybridized carbons (Fsp3) is 0.267. The van der Waals surface area contributed by atoms with Crippen LogP contribution in [0.1, 0.15) is 33.5 Å². The molecule has 8 heteroatoms. The Labute approximate surface area is 141 Å². The SMILES string of the molecule is Cc1cc(Sc2nnc(Cc3csc(C)n3)o2)c(C#N)c(C)n1. The molecule has 3 aromatic heterocycles. The largest absolute Gasteiger partial charge is 0.415 e. The molecule has 0 N–H and O–H groups in total. The van der Waals surface area contributed by atoms with Gasteiger partial charge >= 0.3 is 0 Å². The molecule has 0 amide bonds. The normalized spacial score (nSPS) is 10.7. The van der Waals surface area contributed by atoms with E-state index < -0.39 is 0 Å². The maximum absolute atomic E-state index is 9.29. The highest BCUT2D eigenvalue weighted by Crippen LogP contribution is 2.31. The van der Waals surface area contributed by atoms with Crippen LogP contribution in [0.2, 0.25) is 0 Å². The molecular formula is C15H13N5OS2. The van der Waals surface area contributed by atoms with Crippen molar-refractivity contribution in [1.82, 2.24) is 20.2 Å². The number of rotatable bonds is 4. The number of hydrogen-bond acceptors (Lipinski definition) is 8. The van der Waals surface area contributed by atoms with Crippen molar-refractivity contribution in [3.8, 4) is 6.07 Å². The minimum absolute atomic E-state index is 0.411. The van der Waals surface area contributed by atoms with Crippen molar-refractivity contribution in [2.45, 2.75) is 37.3 Å². The Morgan fingerprint density at radius 3 is 2.78 bits per heavy atom. The molecule has 3 rings (SSSR count). The molecule has 0 aliphatic heterocycles. The van der Waals surface area contributed by atoms with Gasteiger partial charge in [-0.2, -0.15) is 5.26 Å². The number of aromatic nitrogens is 4. The number of hydrogen-bond donors (Lipinski definition) is 0. The fourth-order valence-corrected chi connectivity index (χ4v) is 3.64. The van der Waals surface area contributed by atoms with Gasteiger partial charge in [-0.1, -0.05) is 0 Å². The summed E-state index contributed by atoms with van der Waals surface area (Å²) in [4.78, 5) is 9.46. The molecule has 3 aromatic rings. The number of nitriles is 1. The van der Waals surface area contributed by atoms with Gasteiger partial charge in [0.25, 0.3) is 5.22 Å². The minimum atomic E-state index is 0.411. The molecule has 0 saturated heterocycles. The van der Waals surface area contributed by atoms with E-state index in [1.54, 1.807) is 11.3 Å². The highest BCUT2D eigenvalue weighted by atomic mass is 32.2. The van der Waals surface area contributed by atoms with Crippen LogP contribution in [0, 0.1) is 32.1 Å². The molecule has 0 fully saturated rings. The zero-order valence-electron chi connectivity index (χ0n) is 12.8. The van der Waals surface area contributed by atoms with Crippen molar-refractivity contribution in [3.63, 3.8) is 0 Å². The Morgan fingerprint density at radius 2 is 2.09 bits per heavy atom. The molecular weight excluding hydrogens is 330 g/mol. The Balaban J connectivity index is 1.81. The van der Waals surface area contributed by atoms with Gasteiger partial charge in [0, 0.05) is 16.0 Å². The van der Waals surface area contributed by atoms with Gasteiger partial charge in [0.2, 0.25) is 5.89 Å². The molecule has 23 heavy (non-hydrogen) atoms. The molecule has 0 aliphatic carbocycles. The van der Waals surface area contributed by atoms with E-state index in [-0.39, 0.29) is 0 Å². The lowest BCUT2D eigenvalue weighted by atomic mass is 10.2. The quantitative estimate of drug-likeness (QED) is 0.716. The van der Waals surface area contributed by atoms with Gasteiger partial charge in [0.15, 0.2) is 0 Å². The number of nitrogens with zero attached hydrogens (tertiary/aromatic N) is 5. The van der Waals surface area contributed by atoms with Gasteiger partial charge < -0.3 is 4.42 Å². The predicted octanol–water partition coefficient (Wildman–Crippen LogP) is 3.46. The van der Waals surface area contributed by atoms with E-state index in [4.69, 9.17) is 4.42 Å². The summed E-state index contributed by atoms with van der Waals surface area (Å²) in [5.74, 6) is 0.513. The van der Waals surface area contributed by atoms with Crippen LogP contribution in [0.4, 0.5) is 0 Å². The molecule has 0 spiro atoms. The van der Waals surface area contributed by atoms with E-state index in [2.05, 4.69) is 26.2 Å². The van der Waals surface area contributed by atoms with Crippen molar-refractivity contribution in [1.29, 1.82) is 5.26 Å². The molecule has 0 atom stereocenters. The average molecular weight is 343 g/mol. The lowest BCUT2D eigenvalue weighted by molar-refractivity contribution is 0.419. The summed E-state index contributed by atoms with van der Waals surface area (Å²) >= 11 is 2.88.